The van der Waals surface area contributed by atoms with Gasteiger partial charge in [-0.3, -0.25) is 14.4 Å². The second kappa shape index (κ2) is 16.4. The largest absolute Gasteiger partial charge is 0.488 e. The molecule has 4 aliphatic rings. The maximum absolute atomic E-state index is 14.5. The Labute approximate surface area is 310 Å². The lowest BCUT2D eigenvalue weighted by molar-refractivity contribution is -0.148. The Morgan fingerprint density at radius 2 is 1.88 bits per heavy atom. The number of benzene rings is 1. The van der Waals surface area contributed by atoms with Crippen molar-refractivity contribution >= 4 is 68.3 Å². The summed E-state index contributed by atoms with van der Waals surface area (Å²) in [6.07, 6.45) is 12.1. The average Bonchev–Trinajstić information content (AvgIpc) is 3.41. The van der Waals surface area contributed by atoms with E-state index in [9.17, 15) is 24.0 Å². The lowest BCUT2D eigenvalue weighted by Gasteiger charge is -2.29. The Hall–Kier alpha value is -3.65. The van der Waals surface area contributed by atoms with Gasteiger partial charge in [0.15, 0.2) is 5.78 Å². The summed E-state index contributed by atoms with van der Waals surface area (Å²) < 4.78 is 17.4. The van der Waals surface area contributed by atoms with Gasteiger partial charge >= 0.3 is 12.1 Å². The van der Waals surface area contributed by atoms with Crippen LogP contribution in [0.1, 0.15) is 81.1 Å². The van der Waals surface area contributed by atoms with Gasteiger partial charge in [-0.2, -0.15) is 0 Å². The zero-order valence-electron chi connectivity index (χ0n) is 29.0. The molecule has 5 atom stereocenters. The highest BCUT2D eigenvalue weighted by Gasteiger charge is 2.62. The summed E-state index contributed by atoms with van der Waals surface area (Å²) >= 11 is 4.74. The smallest absolute Gasteiger partial charge is 0.408 e. The first-order chi connectivity index (χ1) is 24.7. The van der Waals surface area contributed by atoms with Gasteiger partial charge in [0.2, 0.25) is 11.8 Å². The van der Waals surface area contributed by atoms with Gasteiger partial charge in [-0.25, -0.2) is 14.6 Å². The molecule has 6 rings (SSSR count). The number of Topliss-reactive ketones (excluding diaryl/α,β-unsaturated/α-hetero) is 1. The number of nitrogens with zero attached hydrogens (tertiary/aromatic N) is 2. The quantitative estimate of drug-likeness (QED) is 0.116. The number of ether oxygens (including phenoxy) is 3. The highest BCUT2D eigenvalue weighted by molar-refractivity contribution is 9.09. The Morgan fingerprint density at radius 3 is 2.63 bits per heavy atom. The van der Waals surface area contributed by atoms with Crippen molar-refractivity contribution in [1.29, 1.82) is 0 Å². The molecule has 2 N–H and O–H groups in total. The number of alkyl halides is 1. The Kier molecular flexibility index (Phi) is 11.9. The van der Waals surface area contributed by atoms with E-state index in [-0.39, 0.29) is 41.8 Å². The van der Waals surface area contributed by atoms with E-state index in [1.807, 2.05) is 36.6 Å². The molecule has 3 fully saturated rings. The minimum atomic E-state index is -1.22. The van der Waals surface area contributed by atoms with Crippen LogP contribution in [-0.4, -0.2) is 94.6 Å². The minimum Gasteiger partial charge on any atom is -0.488 e. The number of amides is 3. The monoisotopic (exact) mass is 784 g/mol. The molecule has 0 radical (unpaired) electrons. The van der Waals surface area contributed by atoms with E-state index in [0.717, 1.165) is 49.8 Å². The number of esters is 1. The van der Waals surface area contributed by atoms with Gasteiger partial charge in [0.1, 0.15) is 41.3 Å². The molecular weight excluding hydrogens is 740 g/mol. The lowest BCUT2D eigenvalue weighted by Crippen LogP contribution is -2.56. The number of nitrogens with one attached hydrogen (secondary N) is 2. The van der Waals surface area contributed by atoms with Crippen LogP contribution in [0.15, 0.2) is 41.3 Å². The molecular formula is C37H45BrN4O8S. The number of ketones is 1. The standard InChI is InChI=1S/C37H45BrN4O8S/c1-48-35(46)37-19-22(37)11-6-4-3-5-7-15-26(40-36(47)50-23-12-8-9-13-23)34(45)42-21-24(17-28(42)33(44)41-37)49-30-18-27(29(43)20-38)39-32-25(30)14-10-16-31(32)51-2/h6,10-11,14,16,18,22-24,26,28H,3-5,7-9,12-13,15,17,19-21H2,1-2H3,(H,40,47)(H,41,44)/b11-6-/t22?,24-,26+,28+,37-/m1/s1. The molecule has 2 saturated carbocycles. The lowest BCUT2D eigenvalue weighted by atomic mass is 10.0. The van der Waals surface area contributed by atoms with Gasteiger partial charge in [-0.15, -0.1) is 11.8 Å². The van der Waals surface area contributed by atoms with Crippen molar-refractivity contribution in [2.45, 2.75) is 105 Å². The normalized spacial score (nSPS) is 27.7. The van der Waals surface area contributed by atoms with Crippen LogP contribution < -0.4 is 15.4 Å². The van der Waals surface area contributed by atoms with E-state index in [2.05, 4.69) is 31.5 Å². The molecule has 2 aliphatic heterocycles. The van der Waals surface area contributed by atoms with Gasteiger partial charge in [-0.05, 0) is 69.8 Å². The first-order valence-electron chi connectivity index (χ1n) is 17.8. The summed E-state index contributed by atoms with van der Waals surface area (Å²) in [5.74, 6) is -1.49. The highest BCUT2D eigenvalue weighted by Crippen LogP contribution is 2.46. The van der Waals surface area contributed by atoms with Gasteiger partial charge in [0.25, 0.3) is 0 Å². The molecule has 0 spiro atoms. The van der Waals surface area contributed by atoms with E-state index in [1.54, 1.807) is 6.07 Å². The number of aromatic nitrogens is 1. The highest BCUT2D eigenvalue weighted by atomic mass is 79.9. The molecule has 1 aromatic heterocycles. The number of carbonyl (C=O) groups excluding carboxylic acids is 5. The van der Waals surface area contributed by atoms with Crippen LogP contribution in [0.2, 0.25) is 0 Å². The summed E-state index contributed by atoms with van der Waals surface area (Å²) in [5.41, 5.74) is -0.374. The van der Waals surface area contributed by atoms with Crippen LogP contribution in [0.4, 0.5) is 4.79 Å². The number of allylic oxidation sites excluding steroid dienone is 1. The van der Waals surface area contributed by atoms with Crippen LogP contribution in [0.25, 0.3) is 10.9 Å². The van der Waals surface area contributed by atoms with Crippen LogP contribution in [0.3, 0.4) is 0 Å². The number of fused-ring (bicyclic) bond motifs is 3. The molecule has 1 aromatic carbocycles. The fourth-order valence-corrected chi connectivity index (χ4v) is 8.34. The van der Waals surface area contributed by atoms with Crippen molar-refractivity contribution in [3.05, 3.63) is 42.1 Å². The molecule has 12 nitrogen and oxygen atoms in total. The Balaban J connectivity index is 1.32. The number of alkyl carbamates (subject to hydrolysis) is 1. The number of carbonyl (C=O) groups is 5. The van der Waals surface area contributed by atoms with Gasteiger partial charge < -0.3 is 29.7 Å². The van der Waals surface area contributed by atoms with E-state index < -0.39 is 47.6 Å². The molecule has 51 heavy (non-hydrogen) atoms. The molecule has 1 unspecified atom stereocenters. The van der Waals surface area contributed by atoms with Crippen molar-refractivity contribution in [3.63, 3.8) is 0 Å². The van der Waals surface area contributed by atoms with Crippen LogP contribution in [0.5, 0.6) is 5.75 Å². The number of halogens is 1. The zero-order chi connectivity index (χ0) is 36.1. The van der Waals surface area contributed by atoms with Crippen molar-refractivity contribution < 1.29 is 38.2 Å². The van der Waals surface area contributed by atoms with E-state index in [0.29, 0.717) is 35.9 Å². The van der Waals surface area contributed by atoms with E-state index >= 15 is 0 Å². The molecule has 2 aromatic rings. The van der Waals surface area contributed by atoms with Crippen molar-refractivity contribution in [3.8, 4) is 5.75 Å². The van der Waals surface area contributed by atoms with Crippen LogP contribution in [0, 0.1) is 5.92 Å². The third-order valence-corrected chi connectivity index (χ3v) is 11.6. The maximum atomic E-state index is 14.5. The van der Waals surface area contributed by atoms with Crippen molar-refractivity contribution in [1.82, 2.24) is 20.5 Å². The second-order valence-corrected chi connectivity index (χ2v) is 15.1. The number of para-hydroxylation sites is 1. The fraction of sp³-hybridized carbons (Fsp3) is 0.568. The summed E-state index contributed by atoms with van der Waals surface area (Å²) in [7, 11) is 1.30. The first-order valence-corrected chi connectivity index (χ1v) is 20.1. The van der Waals surface area contributed by atoms with Crippen molar-refractivity contribution in [2.75, 3.05) is 25.2 Å². The van der Waals surface area contributed by atoms with Gasteiger partial charge in [0.05, 0.1) is 24.5 Å². The molecule has 3 heterocycles. The third kappa shape index (κ3) is 8.21. The zero-order valence-corrected chi connectivity index (χ0v) is 31.4. The third-order valence-electron chi connectivity index (χ3n) is 10.3. The number of hydrogen-bond donors (Lipinski definition) is 2. The van der Waals surface area contributed by atoms with Crippen molar-refractivity contribution in [2.24, 2.45) is 5.92 Å². The summed E-state index contributed by atoms with van der Waals surface area (Å²) in [6.45, 7) is 0.0368. The number of thioether (sulfide) groups is 1. The molecule has 1 saturated heterocycles. The number of rotatable bonds is 8. The molecule has 0 bridgehead atoms. The summed E-state index contributed by atoms with van der Waals surface area (Å²) in [6, 6.07) is 5.34. The summed E-state index contributed by atoms with van der Waals surface area (Å²) in [4.78, 5) is 74.6. The van der Waals surface area contributed by atoms with Crippen LogP contribution >= 0.6 is 27.7 Å². The number of hydrogen-bond acceptors (Lipinski definition) is 10. The fourth-order valence-electron chi connectivity index (χ4n) is 7.49. The maximum Gasteiger partial charge on any atom is 0.408 e. The van der Waals surface area contributed by atoms with E-state index in [1.165, 1.54) is 23.8 Å². The molecule has 2 aliphatic carbocycles. The predicted molar refractivity (Wildman–Crippen MR) is 195 cm³/mol. The topological polar surface area (TPSA) is 153 Å². The SMILES string of the molecule is COC(=O)[C@@]12CC1/C=C\CCCCC[C@H](NC(=O)OC1CCCC1)C(=O)N1C[C@H](Oc3cc(C(=O)CBr)nc4c(SC)cccc34)C[C@H]1C(=O)N2. The molecule has 3 amide bonds. The first kappa shape index (κ1) is 37.1. The second-order valence-electron chi connectivity index (χ2n) is 13.7. The number of pyridine rings is 1. The van der Waals surface area contributed by atoms with E-state index in [4.69, 9.17) is 14.2 Å². The average molecular weight is 786 g/mol. The molecule has 14 heteroatoms. The molecule has 274 valence electrons. The minimum absolute atomic E-state index is 0.0368. The van der Waals surface area contributed by atoms with Gasteiger partial charge in [0, 0.05) is 28.7 Å². The predicted octanol–water partition coefficient (Wildman–Crippen LogP) is 5.49. The Bertz CT molecular complexity index is 1700. The van der Waals surface area contributed by atoms with Gasteiger partial charge in [-0.1, -0.05) is 47.0 Å². The Morgan fingerprint density at radius 1 is 1.10 bits per heavy atom. The number of methoxy groups -OCH3 is 1. The summed E-state index contributed by atoms with van der Waals surface area (Å²) in [5, 5.41) is 6.56. The van der Waals surface area contributed by atoms with Crippen LogP contribution in [-0.2, 0) is 23.9 Å².